The van der Waals surface area contributed by atoms with E-state index >= 15 is 0 Å². The number of anilines is 1. The van der Waals surface area contributed by atoms with Gasteiger partial charge in [-0.1, -0.05) is 38.1 Å². The highest BCUT2D eigenvalue weighted by Gasteiger charge is 2.56. The number of rotatable bonds is 7. The molecule has 1 saturated heterocycles. The Morgan fingerprint density at radius 1 is 1.24 bits per heavy atom. The zero-order valence-electron chi connectivity index (χ0n) is 20.8. The standard InChI is InChI=1S/C27H28F2N4O4/c1-16(2)11-22(32(3)23(34)17-7-6-8-19(12-17)37-26(28)29)24(35)33-15-27(13-18(33)14-30)20-9-4-5-10-21(20)31-25(27)36/h4-10,12,16,18,22,26H,11,13,15H2,1-3H3,(H,31,36)/t18-,22-,27-/m0/s1. The fourth-order valence-electron chi connectivity index (χ4n) is 5.20. The van der Waals surface area contributed by atoms with Gasteiger partial charge in [-0.05, 0) is 42.2 Å². The van der Waals surface area contributed by atoms with Gasteiger partial charge in [-0.3, -0.25) is 14.4 Å². The highest BCUT2D eigenvalue weighted by molar-refractivity contribution is 6.07. The van der Waals surface area contributed by atoms with Gasteiger partial charge in [0.05, 0.1) is 11.5 Å². The second kappa shape index (κ2) is 10.2. The summed E-state index contributed by atoms with van der Waals surface area (Å²) < 4.78 is 29.7. The van der Waals surface area contributed by atoms with Crippen LogP contribution in [0, 0.1) is 17.2 Å². The number of carbonyl (C=O) groups excluding carboxylic acids is 3. The van der Waals surface area contributed by atoms with Gasteiger partial charge in [0.25, 0.3) is 5.91 Å². The van der Waals surface area contributed by atoms with Crippen LogP contribution in [0.5, 0.6) is 5.75 Å². The first-order valence-electron chi connectivity index (χ1n) is 12.0. The molecule has 2 heterocycles. The zero-order chi connectivity index (χ0) is 26.9. The molecule has 0 radical (unpaired) electrons. The van der Waals surface area contributed by atoms with Gasteiger partial charge in [-0.25, -0.2) is 0 Å². The molecule has 1 N–H and O–H groups in total. The maximum Gasteiger partial charge on any atom is 0.387 e. The number of para-hydroxylation sites is 1. The van der Waals surface area contributed by atoms with Crippen molar-refractivity contribution in [2.45, 2.75) is 50.8 Å². The molecule has 0 aromatic heterocycles. The predicted octanol–water partition coefficient (Wildman–Crippen LogP) is 3.79. The molecule has 194 valence electrons. The number of likely N-dealkylation sites (N-methyl/N-ethyl adjacent to an activating group) is 1. The minimum Gasteiger partial charge on any atom is -0.435 e. The fraction of sp³-hybridized carbons (Fsp3) is 0.407. The van der Waals surface area contributed by atoms with E-state index in [1.54, 1.807) is 12.1 Å². The highest BCUT2D eigenvalue weighted by Crippen LogP contribution is 2.46. The Morgan fingerprint density at radius 2 is 1.97 bits per heavy atom. The second-order valence-electron chi connectivity index (χ2n) is 9.86. The van der Waals surface area contributed by atoms with Crippen molar-refractivity contribution in [3.05, 3.63) is 59.7 Å². The Bertz CT molecular complexity index is 1260. The molecule has 0 unspecified atom stereocenters. The van der Waals surface area contributed by atoms with Crippen LogP contribution < -0.4 is 10.1 Å². The predicted molar refractivity (Wildman–Crippen MR) is 131 cm³/mol. The molecule has 2 aliphatic heterocycles. The molecule has 2 aromatic carbocycles. The van der Waals surface area contributed by atoms with E-state index in [0.29, 0.717) is 12.1 Å². The first kappa shape index (κ1) is 26.1. The largest absolute Gasteiger partial charge is 0.435 e. The van der Waals surface area contributed by atoms with Crippen molar-refractivity contribution >= 4 is 23.4 Å². The van der Waals surface area contributed by atoms with E-state index in [-0.39, 0.29) is 36.1 Å². The number of alkyl halides is 2. The first-order valence-corrected chi connectivity index (χ1v) is 12.0. The lowest BCUT2D eigenvalue weighted by molar-refractivity contribution is -0.136. The van der Waals surface area contributed by atoms with Gasteiger partial charge in [0.2, 0.25) is 11.8 Å². The lowest BCUT2D eigenvalue weighted by Gasteiger charge is -2.33. The van der Waals surface area contributed by atoms with Gasteiger partial charge in [-0.2, -0.15) is 14.0 Å². The van der Waals surface area contributed by atoms with E-state index in [2.05, 4.69) is 16.1 Å². The normalized spacial score (nSPS) is 21.1. The summed E-state index contributed by atoms with van der Waals surface area (Å²) in [5.74, 6) is -1.40. The average molecular weight is 511 g/mol. The molecule has 3 amide bonds. The number of ether oxygens (including phenoxy) is 1. The zero-order valence-corrected chi connectivity index (χ0v) is 20.8. The van der Waals surface area contributed by atoms with Crippen LogP contribution in [0.1, 0.15) is 42.6 Å². The summed E-state index contributed by atoms with van der Waals surface area (Å²) in [6.45, 7) is 0.788. The number of hydrogen-bond donors (Lipinski definition) is 1. The van der Waals surface area contributed by atoms with Crippen LogP contribution in [0.3, 0.4) is 0 Å². The topological polar surface area (TPSA) is 103 Å². The SMILES string of the molecule is CC(C)C[C@@H](C(=O)N1C[C@]2(C[C@H]1C#N)C(=O)Nc1ccccc12)N(C)C(=O)c1cccc(OC(F)F)c1. The molecule has 0 saturated carbocycles. The molecule has 3 atom stereocenters. The third-order valence-electron chi connectivity index (χ3n) is 6.99. The number of halogens is 2. The van der Waals surface area contributed by atoms with Gasteiger partial charge >= 0.3 is 6.61 Å². The number of likely N-dealkylation sites (tertiary alicyclic amines) is 1. The highest BCUT2D eigenvalue weighted by atomic mass is 19.3. The van der Waals surface area contributed by atoms with E-state index in [1.807, 2.05) is 26.0 Å². The minimum absolute atomic E-state index is 0.0151. The van der Waals surface area contributed by atoms with E-state index in [0.717, 1.165) is 5.56 Å². The summed E-state index contributed by atoms with van der Waals surface area (Å²) in [6, 6.07) is 13.0. The minimum atomic E-state index is -3.04. The summed E-state index contributed by atoms with van der Waals surface area (Å²) in [4.78, 5) is 43.0. The Balaban J connectivity index is 1.63. The Labute approximate surface area is 213 Å². The van der Waals surface area contributed by atoms with Crippen LogP contribution in [-0.2, 0) is 15.0 Å². The van der Waals surface area contributed by atoms with Crippen molar-refractivity contribution in [2.24, 2.45) is 5.92 Å². The Kier molecular flexibility index (Phi) is 7.16. The van der Waals surface area contributed by atoms with Crippen molar-refractivity contribution in [3.63, 3.8) is 0 Å². The number of benzene rings is 2. The maximum atomic E-state index is 13.9. The molecule has 2 aliphatic rings. The molecule has 0 aliphatic carbocycles. The number of nitrogens with zero attached hydrogens (tertiary/aromatic N) is 3. The smallest absolute Gasteiger partial charge is 0.387 e. The molecular formula is C27H28F2N4O4. The van der Waals surface area contributed by atoms with E-state index in [9.17, 15) is 28.4 Å². The Morgan fingerprint density at radius 3 is 2.65 bits per heavy atom. The number of hydrogen-bond acceptors (Lipinski definition) is 5. The van der Waals surface area contributed by atoms with Crippen LogP contribution in [0.25, 0.3) is 0 Å². The third kappa shape index (κ3) is 4.86. The van der Waals surface area contributed by atoms with Crippen molar-refractivity contribution in [1.82, 2.24) is 9.80 Å². The van der Waals surface area contributed by atoms with Crippen LogP contribution in [0.15, 0.2) is 48.5 Å². The molecule has 37 heavy (non-hydrogen) atoms. The van der Waals surface area contributed by atoms with Gasteiger partial charge in [-0.15, -0.1) is 0 Å². The van der Waals surface area contributed by atoms with Crippen molar-refractivity contribution in [3.8, 4) is 11.8 Å². The number of nitriles is 1. The molecule has 8 nitrogen and oxygen atoms in total. The van der Waals surface area contributed by atoms with Crippen LogP contribution in [-0.4, -0.2) is 59.8 Å². The van der Waals surface area contributed by atoms with E-state index < -0.39 is 35.9 Å². The van der Waals surface area contributed by atoms with Crippen molar-refractivity contribution in [1.29, 1.82) is 5.26 Å². The van der Waals surface area contributed by atoms with Crippen LogP contribution in [0.2, 0.25) is 0 Å². The monoisotopic (exact) mass is 510 g/mol. The lowest BCUT2D eigenvalue weighted by Crippen LogP contribution is -2.52. The lowest BCUT2D eigenvalue weighted by atomic mass is 9.80. The van der Waals surface area contributed by atoms with Crippen molar-refractivity contribution in [2.75, 3.05) is 18.9 Å². The first-order chi connectivity index (χ1) is 17.6. The summed E-state index contributed by atoms with van der Waals surface area (Å²) in [7, 11) is 1.47. The number of nitrogens with one attached hydrogen (secondary N) is 1. The summed E-state index contributed by atoms with van der Waals surface area (Å²) in [5.41, 5.74) is 0.450. The summed E-state index contributed by atoms with van der Waals surface area (Å²) >= 11 is 0. The molecule has 10 heteroatoms. The van der Waals surface area contributed by atoms with Gasteiger partial charge in [0, 0.05) is 31.3 Å². The van der Waals surface area contributed by atoms with E-state index in [1.165, 1.54) is 41.1 Å². The quantitative estimate of drug-likeness (QED) is 0.611. The number of amides is 3. The van der Waals surface area contributed by atoms with Crippen molar-refractivity contribution < 1.29 is 27.9 Å². The second-order valence-corrected chi connectivity index (χ2v) is 9.86. The molecule has 0 bridgehead atoms. The number of fused-ring (bicyclic) bond motifs is 2. The molecule has 4 rings (SSSR count). The average Bonchev–Trinajstić information content (AvgIpc) is 3.39. The van der Waals surface area contributed by atoms with Crippen LogP contribution >= 0.6 is 0 Å². The number of carbonyl (C=O) groups is 3. The van der Waals surface area contributed by atoms with Gasteiger partial charge in [0.1, 0.15) is 17.8 Å². The third-order valence-corrected chi connectivity index (χ3v) is 6.99. The van der Waals surface area contributed by atoms with Gasteiger partial charge < -0.3 is 19.9 Å². The maximum absolute atomic E-state index is 13.9. The fourth-order valence-corrected chi connectivity index (χ4v) is 5.20. The van der Waals surface area contributed by atoms with E-state index in [4.69, 9.17) is 0 Å². The van der Waals surface area contributed by atoms with Crippen LogP contribution in [0.4, 0.5) is 14.5 Å². The summed E-state index contributed by atoms with van der Waals surface area (Å²) in [5, 5.41) is 12.8. The van der Waals surface area contributed by atoms with Gasteiger partial charge in [0.15, 0.2) is 0 Å². The molecule has 1 spiro atoms. The Hall–Kier alpha value is -4.00. The molecular weight excluding hydrogens is 482 g/mol. The molecule has 2 aromatic rings. The molecule has 1 fully saturated rings. The summed E-state index contributed by atoms with van der Waals surface area (Å²) in [6.07, 6.45) is 0.454.